The highest BCUT2D eigenvalue weighted by atomic mass is 16.7. The third kappa shape index (κ3) is 12.8. The number of amides is 5. The van der Waals surface area contributed by atoms with Crippen LogP contribution in [0.4, 0.5) is 0 Å². The van der Waals surface area contributed by atoms with Crippen LogP contribution in [0.5, 0.6) is 11.5 Å². The van der Waals surface area contributed by atoms with Crippen molar-refractivity contribution >= 4 is 36.7 Å². The van der Waals surface area contributed by atoms with E-state index in [1.54, 1.807) is 49.4 Å². The van der Waals surface area contributed by atoms with E-state index >= 15 is 0 Å². The maximum absolute atomic E-state index is 14.9. The van der Waals surface area contributed by atoms with Crippen LogP contribution < -0.4 is 47.9 Å². The van der Waals surface area contributed by atoms with Gasteiger partial charge in [0.1, 0.15) is 48.9 Å². The SMILES string of the molecule is C#[N+][C@@]12C[C@@H]3C[C@@H](C3(C)C)[C@]1(C)OB([C@H](C)NC(=O)[C@@H]1Cc3ccc(OCCN)c(c3)-c3cc(ccc3OCCN)[C@H](N(C)C(=O)[C@H](CCCN)NC(=O)c3ccc(CCCCCCCC)cc3)C(=O)N[C@@H](C)C(=O)N1)O2. The largest absolute Gasteiger partial charge is 0.492 e. The van der Waals surface area contributed by atoms with Crippen LogP contribution in [0, 0.1) is 23.8 Å². The second-order valence-electron chi connectivity index (χ2n) is 22.3. The molecule has 1 saturated heterocycles. The zero-order valence-electron chi connectivity index (χ0n) is 46.3. The summed E-state index contributed by atoms with van der Waals surface area (Å²) < 4.78 is 25.7. The Morgan fingerprint density at radius 3 is 2.17 bits per heavy atom. The van der Waals surface area contributed by atoms with E-state index in [1.165, 1.54) is 44.6 Å². The quantitative estimate of drug-likeness (QED) is 0.0454. The maximum atomic E-state index is 14.9. The van der Waals surface area contributed by atoms with Gasteiger partial charge in [-0.15, -0.1) is 0 Å². The Bertz CT molecular complexity index is 2630. The number of nitrogens with zero attached hydrogens (tertiary/aromatic N) is 2. The molecule has 3 aromatic rings. The minimum atomic E-state index is -1.37. The van der Waals surface area contributed by atoms with Gasteiger partial charge in [-0.2, -0.15) is 0 Å². The van der Waals surface area contributed by atoms with Crippen LogP contribution in [0.25, 0.3) is 16.0 Å². The molecular formula is C58H83BN9O9+. The molecule has 416 valence electrons. The number of unbranched alkanes of at least 4 members (excludes halogenated alkanes) is 5. The first-order valence-electron chi connectivity index (χ1n) is 27.8. The van der Waals surface area contributed by atoms with Crippen molar-refractivity contribution in [3.05, 3.63) is 87.8 Å². The number of carbonyl (C=O) groups excluding carboxylic acids is 5. The van der Waals surface area contributed by atoms with Gasteiger partial charge in [0.05, 0.1) is 12.4 Å². The lowest BCUT2D eigenvalue weighted by Crippen LogP contribution is -2.70. The van der Waals surface area contributed by atoms with Crippen molar-refractivity contribution in [2.24, 2.45) is 34.5 Å². The summed E-state index contributed by atoms with van der Waals surface area (Å²) in [7, 11) is 0.574. The second kappa shape index (κ2) is 25.6. The number of fused-ring (bicyclic) bond motifs is 5. The number of hydrogen-bond donors (Lipinski definition) is 7. The van der Waals surface area contributed by atoms with Gasteiger partial charge in [0, 0.05) is 49.2 Å². The van der Waals surface area contributed by atoms with Gasteiger partial charge >= 0.3 is 12.8 Å². The number of nitrogens with two attached hydrogens (primary N) is 3. The van der Waals surface area contributed by atoms with Gasteiger partial charge in [0.2, 0.25) is 23.6 Å². The fraction of sp³-hybridized carbons (Fsp3) is 0.586. The highest BCUT2D eigenvalue weighted by Gasteiger charge is 2.81. The summed E-state index contributed by atoms with van der Waals surface area (Å²) in [5.74, 6) is -2.34. The number of rotatable bonds is 23. The molecule has 8 rings (SSSR count). The molecule has 5 aliphatic rings. The van der Waals surface area contributed by atoms with Gasteiger partial charge in [0.25, 0.3) is 12.5 Å². The molecule has 77 heavy (non-hydrogen) atoms. The number of carbonyl (C=O) groups is 5. The lowest BCUT2D eigenvalue weighted by molar-refractivity contribution is -0.226. The van der Waals surface area contributed by atoms with Crippen LogP contribution in [-0.2, 0) is 41.3 Å². The van der Waals surface area contributed by atoms with E-state index in [-0.39, 0.29) is 57.0 Å². The number of hydrogen-bond acceptors (Lipinski definition) is 12. The van der Waals surface area contributed by atoms with Crippen molar-refractivity contribution < 1.29 is 42.8 Å². The Morgan fingerprint density at radius 1 is 0.857 bits per heavy atom. The number of aryl methyl sites for hydroxylation is 1. The molecule has 10 N–H and O–H groups in total. The molecule has 5 amide bonds. The van der Waals surface area contributed by atoms with Crippen LogP contribution in [0.1, 0.15) is 139 Å². The Hall–Kier alpha value is -6.04. The predicted octanol–water partition coefficient (Wildman–Crippen LogP) is 5.58. The molecule has 0 aromatic heterocycles. The van der Waals surface area contributed by atoms with Crippen LogP contribution >= 0.6 is 0 Å². The summed E-state index contributed by atoms with van der Waals surface area (Å²) in [6.45, 7) is 19.0. The monoisotopic (exact) mass is 1060 g/mol. The topological polar surface area (TPSA) is 256 Å². The van der Waals surface area contributed by atoms with Gasteiger partial charge in [-0.25, -0.2) is 0 Å². The van der Waals surface area contributed by atoms with Crippen molar-refractivity contribution in [2.75, 3.05) is 39.9 Å². The highest BCUT2D eigenvalue weighted by Crippen LogP contribution is 2.69. The summed E-state index contributed by atoms with van der Waals surface area (Å²) in [5.41, 5.74) is 19.5. The van der Waals surface area contributed by atoms with Crippen LogP contribution in [0.15, 0.2) is 60.7 Å². The van der Waals surface area contributed by atoms with Crippen molar-refractivity contribution in [3.63, 3.8) is 0 Å². The van der Waals surface area contributed by atoms with Gasteiger partial charge in [-0.05, 0) is 129 Å². The summed E-state index contributed by atoms with van der Waals surface area (Å²) in [5, 5.41) is 11.7. The molecule has 2 heterocycles. The Kier molecular flexibility index (Phi) is 19.5. The smallest absolute Gasteiger partial charge is 0.487 e. The molecule has 3 saturated carbocycles. The summed E-state index contributed by atoms with van der Waals surface area (Å²) in [6, 6.07) is 13.1. The molecule has 9 atom stereocenters. The van der Waals surface area contributed by atoms with Crippen LogP contribution in [-0.4, -0.2) is 117 Å². The molecule has 0 unspecified atom stereocenters. The van der Waals surface area contributed by atoms with E-state index in [1.807, 2.05) is 25.1 Å². The lowest BCUT2D eigenvalue weighted by Gasteiger charge is -2.63. The summed E-state index contributed by atoms with van der Waals surface area (Å²) in [6.07, 6.45) is 10.1. The van der Waals surface area contributed by atoms with Crippen molar-refractivity contribution in [3.8, 4) is 29.2 Å². The lowest BCUT2D eigenvalue weighted by atomic mass is 9.42. The normalized spacial score (nSPS) is 25.1. The Labute approximate surface area is 455 Å². The average Bonchev–Trinajstić information content (AvgIpc) is 3.99. The number of ether oxygens (including phenoxy) is 2. The molecule has 0 spiro atoms. The highest BCUT2D eigenvalue weighted by molar-refractivity contribution is 6.48. The number of nitrogens with one attached hydrogen (secondary N) is 4. The average molecular weight is 1060 g/mol. The molecular weight excluding hydrogens is 978 g/mol. The van der Waals surface area contributed by atoms with E-state index in [0.717, 1.165) is 31.2 Å². The molecule has 3 aromatic carbocycles. The minimum Gasteiger partial charge on any atom is -0.492 e. The minimum absolute atomic E-state index is 0.00635. The van der Waals surface area contributed by atoms with Crippen molar-refractivity contribution in [1.29, 1.82) is 0 Å². The Balaban J connectivity index is 1.19. The molecule has 2 aliphatic heterocycles. The fourth-order valence-corrected chi connectivity index (χ4v) is 11.9. The van der Waals surface area contributed by atoms with E-state index < -0.39 is 78.1 Å². The first kappa shape index (κ1) is 58.6. The van der Waals surface area contributed by atoms with Gasteiger partial charge in [-0.1, -0.05) is 77.1 Å². The zero-order valence-corrected chi connectivity index (χ0v) is 46.3. The molecule has 6 bridgehead atoms. The van der Waals surface area contributed by atoms with Gasteiger partial charge in [0.15, 0.2) is 5.60 Å². The predicted molar refractivity (Wildman–Crippen MR) is 298 cm³/mol. The third-order valence-corrected chi connectivity index (χ3v) is 16.6. The van der Waals surface area contributed by atoms with E-state index in [4.69, 9.17) is 42.6 Å². The number of benzene rings is 3. The summed E-state index contributed by atoms with van der Waals surface area (Å²) >= 11 is 0. The maximum Gasteiger partial charge on any atom is 0.487 e. The van der Waals surface area contributed by atoms with E-state index in [0.29, 0.717) is 58.1 Å². The van der Waals surface area contributed by atoms with Crippen LogP contribution in [0.2, 0.25) is 0 Å². The second-order valence-corrected chi connectivity index (χ2v) is 22.3. The third-order valence-electron chi connectivity index (χ3n) is 16.6. The fourth-order valence-electron chi connectivity index (χ4n) is 11.9. The van der Waals surface area contributed by atoms with Crippen molar-refractivity contribution in [2.45, 2.75) is 160 Å². The first-order chi connectivity index (χ1) is 36.8. The van der Waals surface area contributed by atoms with Crippen LogP contribution in [0.3, 0.4) is 0 Å². The molecule has 3 aliphatic carbocycles. The zero-order chi connectivity index (χ0) is 55.7. The van der Waals surface area contributed by atoms with E-state index in [9.17, 15) is 24.0 Å². The summed E-state index contributed by atoms with van der Waals surface area (Å²) in [4.78, 5) is 78.3. The first-order valence-corrected chi connectivity index (χ1v) is 27.8. The van der Waals surface area contributed by atoms with E-state index in [2.05, 4.69) is 46.9 Å². The van der Waals surface area contributed by atoms with Gasteiger partial charge in [-0.3, -0.25) is 24.0 Å². The molecule has 19 heteroatoms. The Morgan fingerprint density at radius 2 is 1.52 bits per heavy atom. The molecule has 0 radical (unpaired) electrons. The van der Waals surface area contributed by atoms with Gasteiger partial charge < -0.3 is 62.2 Å². The number of likely N-dealkylation sites (N-methyl/N-ethyl adjacent to an activating group) is 1. The standard InChI is InChI=1S/C58H82BN9O9/c1-9-10-11-12-13-14-16-38-18-21-40(22-19-38)52(70)66-45(17-15-26-60)55(73)68(8)50-41-23-25-48(75-30-28-62)44(33-41)43-31-39(20-24-47(43)74-29-27-61)32-46(67-51(69)36(2)64-54(50)72)53(71)65-37(3)59-76-57(6)49-34-42(56(49,4)5)35-58(57,63-7)77-59/h7,18-25,31,33,36-37,42,45-46,49-50H,9-17,26-30,32,34-35,60-62H2,1-6,8H3,(H3-,64,65,66,67,69,70,71,72)/p+1/t36-,37-,42-,45-,46-,49-,50-,57-,58+/m0/s1. The van der Waals surface area contributed by atoms with Crippen molar-refractivity contribution in [1.82, 2.24) is 26.2 Å². The molecule has 18 nitrogen and oxygen atoms in total. The molecule has 4 fully saturated rings.